The van der Waals surface area contributed by atoms with Crippen molar-refractivity contribution >= 4 is 34.0 Å². The number of phenols is 4. The molecule has 0 aromatic heterocycles. The Morgan fingerprint density at radius 1 is 0.778 bits per heavy atom. The molecule has 204 valence electrons. The van der Waals surface area contributed by atoms with Gasteiger partial charge in [0.2, 0.25) is 0 Å². The minimum Gasteiger partial charge on any atom is -0.504 e. The first-order chi connectivity index (χ1) is 16.5. The van der Waals surface area contributed by atoms with E-state index in [2.05, 4.69) is 16.7 Å². The molecule has 2 aromatic rings. The van der Waals surface area contributed by atoms with Crippen molar-refractivity contribution in [3.8, 4) is 23.0 Å². The fourth-order valence-corrected chi connectivity index (χ4v) is 5.06. The van der Waals surface area contributed by atoms with Gasteiger partial charge in [-0.25, -0.2) is 0 Å². The number of hydrogen-bond acceptors (Lipinski definition) is 6. The third-order valence-corrected chi connectivity index (χ3v) is 6.98. The van der Waals surface area contributed by atoms with E-state index in [9.17, 15) is 20.4 Å². The molecule has 4 N–H and O–H groups in total. The second-order valence-corrected chi connectivity index (χ2v) is 9.69. The van der Waals surface area contributed by atoms with Crippen molar-refractivity contribution in [3.63, 3.8) is 0 Å². The molecule has 1 atom stereocenters. The number of aromatic hydroxyl groups is 4. The highest BCUT2D eigenvalue weighted by molar-refractivity contribution is 8.93. The minimum absolute atomic E-state index is 0. The summed E-state index contributed by atoms with van der Waals surface area (Å²) in [5.74, 6) is -0.181. The number of halogens is 2. The SMILES string of the molecule is Br.Br.CCCN(CCCCCCN1CCC[C@@H]1Cc1ccc(O)c(O)c1)CCc1ccc(O)c(O)c1. The summed E-state index contributed by atoms with van der Waals surface area (Å²) in [6.07, 6.45) is 10.3. The van der Waals surface area contributed by atoms with Crippen LogP contribution in [0.5, 0.6) is 23.0 Å². The van der Waals surface area contributed by atoms with Crippen LogP contribution in [-0.2, 0) is 12.8 Å². The van der Waals surface area contributed by atoms with Crippen LogP contribution in [0.25, 0.3) is 0 Å². The van der Waals surface area contributed by atoms with E-state index < -0.39 is 0 Å². The molecule has 0 bridgehead atoms. The topological polar surface area (TPSA) is 87.4 Å². The van der Waals surface area contributed by atoms with Gasteiger partial charge in [0.1, 0.15) is 0 Å². The second kappa shape index (κ2) is 17.1. The van der Waals surface area contributed by atoms with Crippen LogP contribution in [0, 0.1) is 0 Å². The Morgan fingerprint density at radius 2 is 1.42 bits per heavy atom. The lowest BCUT2D eigenvalue weighted by atomic mass is 10.0. The van der Waals surface area contributed by atoms with Crippen LogP contribution in [0.15, 0.2) is 36.4 Å². The van der Waals surface area contributed by atoms with E-state index in [-0.39, 0.29) is 57.0 Å². The standard InChI is InChI=1S/C28H42N2O4.2BrH/c1-2-14-29(18-13-22-9-11-25(31)27(33)20-22)15-5-3-4-6-16-30-17-7-8-24(30)19-23-10-12-26(32)28(34)21-23;;/h9-12,20-21,24,31-34H,2-8,13-19H2,1H3;2*1H/t24-;;/m1../s1. The van der Waals surface area contributed by atoms with Gasteiger partial charge in [-0.05, 0) is 107 Å². The molecule has 36 heavy (non-hydrogen) atoms. The molecule has 1 heterocycles. The lowest BCUT2D eigenvalue weighted by Gasteiger charge is -2.25. The zero-order chi connectivity index (χ0) is 24.3. The summed E-state index contributed by atoms with van der Waals surface area (Å²) in [6.45, 7) is 7.68. The lowest BCUT2D eigenvalue weighted by Crippen LogP contribution is -2.32. The molecular weight excluding hydrogens is 588 g/mol. The Bertz CT molecular complexity index is 900. The Morgan fingerprint density at radius 3 is 2.08 bits per heavy atom. The van der Waals surface area contributed by atoms with Crippen LogP contribution in [0.3, 0.4) is 0 Å². The van der Waals surface area contributed by atoms with Crippen LogP contribution in [-0.4, -0.2) is 69.0 Å². The zero-order valence-corrected chi connectivity index (χ0v) is 24.9. The van der Waals surface area contributed by atoms with Gasteiger partial charge in [0.05, 0.1) is 0 Å². The third kappa shape index (κ3) is 10.5. The summed E-state index contributed by atoms with van der Waals surface area (Å²) in [5.41, 5.74) is 2.14. The fourth-order valence-electron chi connectivity index (χ4n) is 5.06. The maximum Gasteiger partial charge on any atom is 0.157 e. The lowest BCUT2D eigenvalue weighted by molar-refractivity contribution is 0.242. The van der Waals surface area contributed by atoms with Crippen LogP contribution in [0.2, 0.25) is 0 Å². The monoisotopic (exact) mass is 630 g/mol. The number of rotatable bonds is 14. The Hall–Kier alpha value is -1.48. The van der Waals surface area contributed by atoms with E-state index >= 15 is 0 Å². The average molecular weight is 632 g/mol. The van der Waals surface area contributed by atoms with E-state index in [1.165, 1.54) is 38.5 Å². The molecule has 2 aromatic carbocycles. The maximum atomic E-state index is 9.76. The molecule has 0 unspecified atom stereocenters. The smallest absolute Gasteiger partial charge is 0.157 e. The summed E-state index contributed by atoms with van der Waals surface area (Å²) < 4.78 is 0. The van der Waals surface area contributed by atoms with Crippen LogP contribution in [0.1, 0.15) is 63.0 Å². The first-order valence-electron chi connectivity index (χ1n) is 12.9. The molecule has 0 amide bonds. The summed E-state index contributed by atoms with van der Waals surface area (Å²) >= 11 is 0. The quantitative estimate of drug-likeness (QED) is 0.147. The number of unbranched alkanes of at least 4 members (excludes halogenated alkanes) is 3. The summed E-state index contributed by atoms with van der Waals surface area (Å²) in [6, 6.07) is 10.8. The van der Waals surface area contributed by atoms with Crippen molar-refractivity contribution in [1.29, 1.82) is 0 Å². The summed E-state index contributed by atoms with van der Waals surface area (Å²) in [4.78, 5) is 5.10. The highest BCUT2D eigenvalue weighted by Crippen LogP contribution is 2.28. The molecule has 1 fully saturated rings. The van der Waals surface area contributed by atoms with Crippen molar-refractivity contribution < 1.29 is 20.4 Å². The van der Waals surface area contributed by atoms with Crippen LogP contribution >= 0.6 is 34.0 Å². The van der Waals surface area contributed by atoms with Gasteiger partial charge in [0.25, 0.3) is 0 Å². The number of benzene rings is 2. The van der Waals surface area contributed by atoms with Gasteiger partial charge in [0.15, 0.2) is 23.0 Å². The number of phenolic OH excluding ortho intramolecular Hbond substituents is 4. The fraction of sp³-hybridized carbons (Fsp3) is 0.571. The molecule has 0 spiro atoms. The van der Waals surface area contributed by atoms with Crippen molar-refractivity contribution in [3.05, 3.63) is 47.5 Å². The number of likely N-dealkylation sites (tertiary alicyclic amines) is 1. The third-order valence-electron chi connectivity index (χ3n) is 6.98. The van der Waals surface area contributed by atoms with Gasteiger partial charge in [0, 0.05) is 12.6 Å². The Balaban J connectivity index is 0.00000324. The van der Waals surface area contributed by atoms with Gasteiger partial charge >= 0.3 is 0 Å². The van der Waals surface area contributed by atoms with E-state index in [0.717, 1.165) is 63.1 Å². The first kappa shape index (κ1) is 32.5. The predicted molar refractivity (Wildman–Crippen MR) is 157 cm³/mol. The molecule has 1 saturated heterocycles. The minimum atomic E-state index is -0.0610. The normalized spacial score (nSPS) is 15.6. The Labute approximate surface area is 237 Å². The average Bonchev–Trinajstić information content (AvgIpc) is 3.25. The Kier molecular flexibility index (Phi) is 15.5. The van der Waals surface area contributed by atoms with Crippen molar-refractivity contribution in [2.45, 2.75) is 70.8 Å². The zero-order valence-electron chi connectivity index (χ0n) is 21.4. The predicted octanol–water partition coefficient (Wildman–Crippen LogP) is 6.19. The largest absolute Gasteiger partial charge is 0.504 e. The molecule has 1 aliphatic rings. The molecule has 6 nitrogen and oxygen atoms in total. The molecule has 8 heteroatoms. The van der Waals surface area contributed by atoms with Gasteiger partial charge in [-0.1, -0.05) is 31.9 Å². The van der Waals surface area contributed by atoms with E-state index in [1.54, 1.807) is 24.3 Å². The summed E-state index contributed by atoms with van der Waals surface area (Å²) in [5, 5.41) is 38.5. The van der Waals surface area contributed by atoms with E-state index in [4.69, 9.17) is 0 Å². The van der Waals surface area contributed by atoms with Gasteiger partial charge in [-0.2, -0.15) is 0 Å². The van der Waals surface area contributed by atoms with Gasteiger partial charge < -0.3 is 30.2 Å². The molecule has 0 aliphatic carbocycles. The molecular formula is C28H44Br2N2O4. The highest BCUT2D eigenvalue weighted by atomic mass is 79.9. The molecule has 0 radical (unpaired) electrons. The van der Waals surface area contributed by atoms with Crippen molar-refractivity contribution in [2.24, 2.45) is 0 Å². The van der Waals surface area contributed by atoms with Crippen LogP contribution in [0.4, 0.5) is 0 Å². The number of hydrogen-bond donors (Lipinski definition) is 4. The summed E-state index contributed by atoms with van der Waals surface area (Å²) in [7, 11) is 0. The van der Waals surface area contributed by atoms with E-state index in [0.29, 0.717) is 6.04 Å². The van der Waals surface area contributed by atoms with Gasteiger partial charge in [-0.3, -0.25) is 0 Å². The number of nitrogens with zero attached hydrogens (tertiary/aromatic N) is 2. The van der Waals surface area contributed by atoms with Crippen LogP contribution < -0.4 is 0 Å². The molecule has 3 rings (SSSR count). The van der Waals surface area contributed by atoms with Gasteiger partial charge in [-0.15, -0.1) is 34.0 Å². The first-order valence-corrected chi connectivity index (χ1v) is 12.9. The highest BCUT2D eigenvalue weighted by Gasteiger charge is 2.24. The van der Waals surface area contributed by atoms with Crippen molar-refractivity contribution in [2.75, 3.05) is 32.7 Å². The molecule has 0 saturated carbocycles. The van der Waals surface area contributed by atoms with E-state index in [1.807, 2.05) is 12.1 Å². The van der Waals surface area contributed by atoms with Crippen molar-refractivity contribution in [1.82, 2.24) is 9.80 Å². The molecule has 1 aliphatic heterocycles. The second-order valence-electron chi connectivity index (χ2n) is 9.69. The maximum absolute atomic E-state index is 9.76.